The molecule has 2 heterocycles. The molecule has 0 aliphatic rings. The molecule has 5 heteroatoms. The van der Waals surface area contributed by atoms with Crippen molar-refractivity contribution in [2.45, 2.75) is 20.8 Å². The number of hydrogen-bond acceptors (Lipinski definition) is 5. The number of aryl methyl sites for hydroxylation is 1. The first kappa shape index (κ1) is 18.4. The topological polar surface area (TPSA) is 41.0 Å². The van der Waals surface area contributed by atoms with Gasteiger partial charge in [0, 0.05) is 29.3 Å². The second kappa shape index (κ2) is 7.98. The fourth-order valence-electron chi connectivity index (χ4n) is 3.40. The first-order valence-electron chi connectivity index (χ1n) is 9.62. The van der Waals surface area contributed by atoms with Crippen molar-refractivity contribution in [1.29, 1.82) is 0 Å². The van der Waals surface area contributed by atoms with Crippen molar-refractivity contribution in [1.82, 2.24) is 9.97 Å². The van der Waals surface area contributed by atoms with E-state index in [0.29, 0.717) is 0 Å². The standard InChI is InChI=1S/C23H24N4S/c1-4-27(5-2)18-11-12-20(16(3)13-18)26-22-19-14-21(17-9-7-6-8-10-17)28-23(19)25-15-24-22/h6-15H,4-5H2,1-3H3,(H,24,25,26). The van der Waals surface area contributed by atoms with Gasteiger partial charge in [-0.25, -0.2) is 9.97 Å². The molecule has 4 nitrogen and oxygen atoms in total. The summed E-state index contributed by atoms with van der Waals surface area (Å²) in [5, 5.41) is 4.57. The first-order chi connectivity index (χ1) is 13.7. The molecule has 0 aliphatic carbocycles. The van der Waals surface area contributed by atoms with Gasteiger partial charge in [-0.3, -0.25) is 0 Å². The number of fused-ring (bicyclic) bond motifs is 1. The zero-order chi connectivity index (χ0) is 19.5. The zero-order valence-corrected chi connectivity index (χ0v) is 17.3. The number of anilines is 3. The van der Waals surface area contributed by atoms with E-state index in [1.54, 1.807) is 17.7 Å². The van der Waals surface area contributed by atoms with Crippen LogP contribution in [-0.2, 0) is 0 Å². The van der Waals surface area contributed by atoms with Gasteiger partial charge in [0.05, 0.1) is 5.39 Å². The van der Waals surface area contributed by atoms with E-state index in [-0.39, 0.29) is 0 Å². The normalized spacial score (nSPS) is 11.0. The minimum atomic E-state index is 0.849. The van der Waals surface area contributed by atoms with Crippen molar-refractivity contribution in [3.8, 4) is 10.4 Å². The SMILES string of the molecule is CCN(CC)c1ccc(Nc2ncnc3sc(-c4ccccc4)cc23)c(C)c1. The highest BCUT2D eigenvalue weighted by molar-refractivity contribution is 7.21. The quantitative estimate of drug-likeness (QED) is 0.423. The summed E-state index contributed by atoms with van der Waals surface area (Å²) in [5.41, 5.74) is 4.73. The van der Waals surface area contributed by atoms with Crippen molar-refractivity contribution in [3.05, 3.63) is 66.5 Å². The van der Waals surface area contributed by atoms with Gasteiger partial charge in [0.15, 0.2) is 0 Å². The van der Waals surface area contributed by atoms with Gasteiger partial charge in [0.1, 0.15) is 17.0 Å². The average molecular weight is 389 g/mol. The maximum atomic E-state index is 4.51. The molecule has 0 aliphatic heterocycles. The fourth-order valence-corrected chi connectivity index (χ4v) is 4.41. The van der Waals surface area contributed by atoms with Gasteiger partial charge in [-0.05, 0) is 56.2 Å². The van der Waals surface area contributed by atoms with E-state index in [4.69, 9.17) is 0 Å². The average Bonchev–Trinajstić information content (AvgIpc) is 3.17. The number of nitrogens with zero attached hydrogens (tertiary/aromatic N) is 3. The molecular weight excluding hydrogens is 364 g/mol. The second-order valence-electron chi connectivity index (χ2n) is 6.71. The Morgan fingerprint density at radius 1 is 0.964 bits per heavy atom. The van der Waals surface area contributed by atoms with E-state index >= 15 is 0 Å². The van der Waals surface area contributed by atoms with E-state index in [1.807, 2.05) is 6.07 Å². The molecule has 4 aromatic rings. The largest absolute Gasteiger partial charge is 0.372 e. The molecule has 1 N–H and O–H groups in total. The van der Waals surface area contributed by atoms with E-state index in [1.165, 1.54) is 21.7 Å². The van der Waals surface area contributed by atoms with Crippen molar-refractivity contribution in [2.75, 3.05) is 23.3 Å². The third-order valence-corrected chi connectivity index (χ3v) is 6.07. The summed E-state index contributed by atoms with van der Waals surface area (Å²) in [6.07, 6.45) is 1.63. The summed E-state index contributed by atoms with van der Waals surface area (Å²) in [4.78, 5) is 13.5. The van der Waals surface area contributed by atoms with Crippen LogP contribution in [-0.4, -0.2) is 23.1 Å². The van der Waals surface area contributed by atoms with Gasteiger partial charge < -0.3 is 10.2 Å². The lowest BCUT2D eigenvalue weighted by molar-refractivity contribution is 0.866. The van der Waals surface area contributed by atoms with Crippen LogP contribution in [0.4, 0.5) is 17.2 Å². The Balaban J connectivity index is 1.68. The lowest BCUT2D eigenvalue weighted by atomic mass is 10.1. The number of rotatable bonds is 6. The molecule has 0 bridgehead atoms. The number of hydrogen-bond donors (Lipinski definition) is 1. The summed E-state index contributed by atoms with van der Waals surface area (Å²) in [6.45, 7) is 8.52. The zero-order valence-electron chi connectivity index (χ0n) is 16.4. The van der Waals surface area contributed by atoms with E-state index in [2.05, 4.69) is 89.5 Å². The third kappa shape index (κ3) is 3.58. The van der Waals surface area contributed by atoms with Crippen LogP contribution < -0.4 is 10.2 Å². The third-order valence-electron chi connectivity index (χ3n) is 4.98. The molecule has 0 radical (unpaired) electrons. The lowest BCUT2D eigenvalue weighted by Gasteiger charge is -2.22. The number of aromatic nitrogens is 2. The molecular formula is C23H24N4S. The molecule has 4 rings (SSSR count). The van der Waals surface area contributed by atoms with Crippen LogP contribution in [0, 0.1) is 6.92 Å². The minimum absolute atomic E-state index is 0.849. The van der Waals surface area contributed by atoms with Crippen LogP contribution in [0.3, 0.4) is 0 Å². The van der Waals surface area contributed by atoms with Crippen molar-refractivity contribution >= 4 is 38.7 Å². The Kier molecular flexibility index (Phi) is 5.26. The van der Waals surface area contributed by atoms with Gasteiger partial charge in [-0.15, -0.1) is 11.3 Å². The summed E-state index contributed by atoms with van der Waals surface area (Å²) < 4.78 is 0. The minimum Gasteiger partial charge on any atom is -0.372 e. The smallest absolute Gasteiger partial charge is 0.142 e. The molecule has 2 aromatic carbocycles. The number of nitrogens with one attached hydrogen (secondary N) is 1. The summed E-state index contributed by atoms with van der Waals surface area (Å²) in [5.74, 6) is 0.849. The van der Waals surface area contributed by atoms with Gasteiger partial charge >= 0.3 is 0 Å². The maximum Gasteiger partial charge on any atom is 0.142 e. The molecule has 0 unspecified atom stereocenters. The monoisotopic (exact) mass is 388 g/mol. The molecule has 2 aromatic heterocycles. The predicted octanol–water partition coefficient (Wildman–Crippen LogP) is 6.26. The fraction of sp³-hybridized carbons (Fsp3) is 0.217. The first-order valence-corrected chi connectivity index (χ1v) is 10.4. The molecule has 0 spiro atoms. The highest BCUT2D eigenvalue weighted by Gasteiger charge is 2.12. The van der Waals surface area contributed by atoms with Crippen LogP contribution in [0.15, 0.2) is 60.9 Å². The number of benzene rings is 2. The maximum absolute atomic E-state index is 4.51. The van der Waals surface area contributed by atoms with Crippen molar-refractivity contribution in [3.63, 3.8) is 0 Å². The van der Waals surface area contributed by atoms with Gasteiger partial charge in [-0.1, -0.05) is 30.3 Å². The molecule has 0 amide bonds. The predicted molar refractivity (Wildman–Crippen MR) is 121 cm³/mol. The van der Waals surface area contributed by atoms with Crippen molar-refractivity contribution < 1.29 is 0 Å². The Labute approximate surface area is 169 Å². The van der Waals surface area contributed by atoms with Gasteiger partial charge in [0.25, 0.3) is 0 Å². The highest BCUT2D eigenvalue weighted by Crippen LogP contribution is 2.36. The summed E-state index contributed by atoms with van der Waals surface area (Å²) in [6, 6.07) is 19.1. The van der Waals surface area contributed by atoms with Crippen LogP contribution >= 0.6 is 11.3 Å². The van der Waals surface area contributed by atoms with E-state index in [9.17, 15) is 0 Å². The summed E-state index contributed by atoms with van der Waals surface area (Å²) >= 11 is 1.69. The van der Waals surface area contributed by atoms with Crippen molar-refractivity contribution in [2.24, 2.45) is 0 Å². The molecule has 28 heavy (non-hydrogen) atoms. The Morgan fingerprint density at radius 2 is 1.75 bits per heavy atom. The van der Waals surface area contributed by atoms with Crippen LogP contribution in [0.5, 0.6) is 0 Å². The Bertz CT molecular complexity index is 1080. The molecule has 142 valence electrons. The van der Waals surface area contributed by atoms with E-state index in [0.717, 1.165) is 34.8 Å². The van der Waals surface area contributed by atoms with Gasteiger partial charge in [0.2, 0.25) is 0 Å². The molecule has 0 fully saturated rings. The van der Waals surface area contributed by atoms with Crippen LogP contribution in [0.1, 0.15) is 19.4 Å². The highest BCUT2D eigenvalue weighted by atomic mass is 32.1. The molecule has 0 atom stereocenters. The van der Waals surface area contributed by atoms with Gasteiger partial charge in [-0.2, -0.15) is 0 Å². The lowest BCUT2D eigenvalue weighted by Crippen LogP contribution is -2.21. The second-order valence-corrected chi connectivity index (χ2v) is 7.74. The molecule has 0 saturated heterocycles. The number of thiophene rings is 1. The Hall–Kier alpha value is -2.92. The molecule has 0 saturated carbocycles. The van der Waals surface area contributed by atoms with E-state index < -0.39 is 0 Å². The Morgan fingerprint density at radius 3 is 2.46 bits per heavy atom. The van der Waals surface area contributed by atoms with Crippen LogP contribution in [0.2, 0.25) is 0 Å². The summed E-state index contributed by atoms with van der Waals surface area (Å²) in [7, 11) is 0. The van der Waals surface area contributed by atoms with Crippen LogP contribution in [0.25, 0.3) is 20.7 Å².